The molecular weight excluding hydrogens is 269 g/mol. The fourth-order valence-corrected chi connectivity index (χ4v) is 2.85. The number of piperazine rings is 1. The predicted octanol–water partition coefficient (Wildman–Crippen LogP) is 2.16. The smallest absolute Gasteiger partial charge is 0.217 e. The van der Waals surface area contributed by atoms with E-state index in [1.54, 1.807) is 0 Å². The van der Waals surface area contributed by atoms with Crippen LogP contribution in [0, 0.1) is 5.82 Å². The Morgan fingerprint density at radius 2 is 2.00 bits per heavy atom. The van der Waals surface area contributed by atoms with Gasteiger partial charge in [0.2, 0.25) is 5.91 Å². The first-order chi connectivity index (χ1) is 10.0. The van der Waals surface area contributed by atoms with Gasteiger partial charge < -0.3 is 15.1 Å². The van der Waals surface area contributed by atoms with Crippen LogP contribution in [0.3, 0.4) is 0 Å². The summed E-state index contributed by atoms with van der Waals surface area (Å²) >= 11 is 0. The lowest BCUT2D eigenvalue weighted by Gasteiger charge is -2.37. The molecule has 4 nitrogen and oxygen atoms in total. The van der Waals surface area contributed by atoms with Gasteiger partial charge in [-0.15, -0.1) is 0 Å². The first-order valence-electron chi connectivity index (χ1n) is 7.55. The number of carbonyl (C=O) groups excluding carboxylic acids is 1. The quantitative estimate of drug-likeness (QED) is 0.924. The van der Waals surface area contributed by atoms with Gasteiger partial charge in [0.05, 0.1) is 6.04 Å². The molecule has 1 atom stereocenters. The van der Waals surface area contributed by atoms with E-state index < -0.39 is 0 Å². The van der Waals surface area contributed by atoms with E-state index in [0.717, 1.165) is 44.0 Å². The standard InChI is InChI=1S/C16H24FN3O/c1-4-19-7-9-20(10-8-19)16-6-5-14(17)11-15(16)12(2)18-13(3)21/h5-6,11-12H,4,7-10H2,1-3H3,(H,18,21)/t12-/m0/s1. The molecule has 0 bridgehead atoms. The summed E-state index contributed by atoms with van der Waals surface area (Å²) in [5.74, 6) is -0.369. The van der Waals surface area contributed by atoms with Crippen LogP contribution in [0.1, 0.15) is 32.4 Å². The summed E-state index contributed by atoms with van der Waals surface area (Å²) in [5, 5.41) is 2.84. The Kier molecular flexibility index (Phi) is 5.17. The number of anilines is 1. The molecule has 116 valence electrons. The van der Waals surface area contributed by atoms with Gasteiger partial charge >= 0.3 is 0 Å². The minimum absolute atomic E-state index is 0.103. The molecule has 1 aliphatic rings. The molecule has 1 fully saturated rings. The first kappa shape index (κ1) is 15.8. The van der Waals surface area contributed by atoms with Crippen molar-refractivity contribution in [2.24, 2.45) is 0 Å². The van der Waals surface area contributed by atoms with E-state index in [1.165, 1.54) is 19.1 Å². The normalized spacial score (nSPS) is 17.6. The second kappa shape index (κ2) is 6.89. The zero-order chi connectivity index (χ0) is 15.4. The molecule has 1 aromatic carbocycles. The topological polar surface area (TPSA) is 35.6 Å². The molecule has 2 rings (SSSR count). The summed E-state index contributed by atoms with van der Waals surface area (Å²) in [4.78, 5) is 15.9. The molecule has 0 saturated carbocycles. The van der Waals surface area contributed by atoms with Crippen LogP contribution in [0.4, 0.5) is 10.1 Å². The fourth-order valence-electron chi connectivity index (χ4n) is 2.85. The van der Waals surface area contributed by atoms with Crippen LogP contribution in [0.15, 0.2) is 18.2 Å². The van der Waals surface area contributed by atoms with Gasteiger partial charge in [-0.3, -0.25) is 4.79 Å². The number of benzene rings is 1. The van der Waals surface area contributed by atoms with Crippen molar-refractivity contribution in [2.75, 3.05) is 37.6 Å². The predicted molar refractivity (Wildman–Crippen MR) is 83.0 cm³/mol. The number of likely N-dealkylation sites (N-methyl/N-ethyl adjacent to an activating group) is 1. The summed E-state index contributed by atoms with van der Waals surface area (Å²) < 4.78 is 13.6. The van der Waals surface area contributed by atoms with Gasteiger partial charge in [-0.05, 0) is 31.7 Å². The van der Waals surface area contributed by atoms with Crippen LogP contribution < -0.4 is 10.2 Å². The number of halogens is 1. The average Bonchev–Trinajstić information content (AvgIpc) is 2.46. The minimum Gasteiger partial charge on any atom is -0.369 e. The third-order valence-corrected chi connectivity index (χ3v) is 4.04. The number of rotatable bonds is 4. The van der Waals surface area contributed by atoms with Gasteiger partial charge in [-0.2, -0.15) is 0 Å². The molecule has 1 saturated heterocycles. The molecular formula is C16H24FN3O. The van der Waals surface area contributed by atoms with Gasteiger partial charge in [0.15, 0.2) is 0 Å². The Labute approximate surface area is 125 Å². The molecule has 1 aliphatic heterocycles. The highest BCUT2D eigenvalue weighted by molar-refractivity contribution is 5.74. The van der Waals surface area contributed by atoms with Crippen molar-refractivity contribution in [2.45, 2.75) is 26.8 Å². The Morgan fingerprint density at radius 1 is 1.33 bits per heavy atom. The SMILES string of the molecule is CCN1CCN(c2ccc(F)cc2[C@H](C)NC(C)=O)CC1. The molecule has 0 aliphatic carbocycles. The number of amides is 1. The lowest BCUT2D eigenvalue weighted by atomic mass is 10.0. The second-order valence-electron chi connectivity index (χ2n) is 5.55. The van der Waals surface area contributed by atoms with E-state index in [4.69, 9.17) is 0 Å². The Hall–Kier alpha value is -1.62. The van der Waals surface area contributed by atoms with Crippen molar-refractivity contribution in [1.82, 2.24) is 10.2 Å². The van der Waals surface area contributed by atoms with Gasteiger partial charge in [0.25, 0.3) is 0 Å². The molecule has 0 aromatic heterocycles. The van der Waals surface area contributed by atoms with Crippen LogP contribution in [0.25, 0.3) is 0 Å². The van der Waals surface area contributed by atoms with Crippen molar-refractivity contribution in [3.05, 3.63) is 29.6 Å². The van der Waals surface area contributed by atoms with E-state index >= 15 is 0 Å². The molecule has 21 heavy (non-hydrogen) atoms. The molecule has 0 spiro atoms. The van der Waals surface area contributed by atoms with Crippen LogP contribution in [-0.2, 0) is 4.79 Å². The Balaban J connectivity index is 2.21. The number of hydrogen-bond donors (Lipinski definition) is 1. The largest absolute Gasteiger partial charge is 0.369 e. The fraction of sp³-hybridized carbons (Fsp3) is 0.562. The van der Waals surface area contributed by atoms with Crippen molar-refractivity contribution in [3.8, 4) is 0 Å². The maximum Gasteiger partial charge on any atom is 0.217 e. The lowest BCUT2D eigenvalue weighted by Crippen LogP contribution is -2.46. The highest BCUT2D eigenvalue weighted by Crippen LogP contribution is 2.28. The molecule has 1 aromatic rings. The summed E-state index contributed by atoms with van der Waals surface area (Å²) in [6.07, 6.45) is 0. The second-order valence-corrected chi connectivity index (χ2v) is 5.55. The lowest BCUT2D eigenvalue weighted by molar-refractivity contribution is -0.119. The summed E-state index contributed by atoms with van der Waals surface area (Å²) in [6.45, 7) is 10.5. The van der Waals surface area contributed by atoms with E-state index in [2.05, 4.69) is 22.0 Å². The average molecular weight is 293 g/mol. The summed E-state index contributed by atoms with van der Waals surface area (Å²) in [6, 6.07) is 4.65. The molecule has 1 amide bonds. The zero-order valence-corrected chi connectivity index (χ0v) is 13.0. The minimum atomic E-state index is -0.266. The van der Waals surface area contributed by atoms with E-state index in [0.29, 0.717) is 0 Å². The van der Waals surface area contributed by atoms with Crippen molar-refractivity contribution in [1.29, 1.82) is 0 Å². The van der Waals surface area contributed by atoms with Gasteiger partial charge in [-0.1, -0.05) is 6.92 Å². The monoisotopic (exact) mass is 293 g/mol. The van der Waals surface area contributed by atoms with E-state index in [1.807, 2.05) is 13.0 Å². The first-order valence-corrected chi connectivity index (χ1v) is 7.55. The van der Waals surface area contributed by atoms with E-state index in [-0.39, 0.29) is 17.8 Å². The molecule has 0 unspecified atom stereocenters. The van der Waals surface area contributed by atoms with Crippen LogP contribution in [0.5, 0.6) is 0 Å². The molecule has 0 radical (unpaired) electrons. The van der Waals surface area contributed by atoms with Gasteiger partial charge in [0.1, 0.15) is 5.82 Å². The van der Waals surface area contributed by atoms with Crippen molar-refractivity contribution in [3.63, 3.8) is 0 Å². The number of nitrogens with zero attached hydrogens (tertiary/aromatic N) is 2. The molecule has 5 heteroatoms. The maximum atomic E-state index is 13.6. The maximum absolute atomic E-state index is 13.6. The van der Waals surface area contributed by atoms with Crippen LogP contribution in [0.2, 0.25) is 0 Å². The third-order valence-electron chi connectivity index (χ3n) is 4.04. The number of hydrogen-bond acceptors (Lipinski definition) is 3. The third kappa shape index (κ3) is 3.94. The Morgan fingerprint density at radius 3 is 2.57 bits per heavy atom. The van der Waals surface area contributed by atoms with Crippen LogP contribution >= 0.6 is 0 Å². The van der Waals surface area contributed by atoms with E-state index in [9.17, 15) is 9.18 Å². The van der Waals surface area contributed by atoms with Gasteiger partial charge in [0, 0.05) is 44.4 Å². The Bertz CT molecular complexity index is 498. The zero-order valence-electron chi connectivity index (χ0n) is 13.0. The highest BCUT2D eigenvalue weighted by Gasteiger charge is 2.21. The number of nitrogens with one attached hydrogen (secondary N) is 1. The molecule has 1 N–H and O–H groups in total. The van der Waals surface area contributed by atoms with Crippen LogP contribution in [-0.4, -0.2) is 43.5 Å². The van der Waals surface area contributed by atoms with Crippen molar-refractivity contribution < 1.29 is 9.18 Å². The highest BCUT2D eigenvalue weighted by atomic mass is 19.1. The van der Waals surface area contributed by atoms with Gasteiger partial charge in [-0.25, -0.2) is 4.39 Å². The molecule has 1 heterocycles. The summed E-state index contributed by atoms with van der Waals surface area (Å²) in [7, 11) is 0. The number of carbonyl (C=O) groups is 1. The van der Waals surface area contributed by atoms with Crippen molar-refractivity contribution >= 4 is 11.6 Å². The summed E-state index contributed by atoms with van der Waals surface area (Å²) in [5.41, 5.74) is 1.86.